The van der Waals surface area contributed by atoms with Crippen LogP contribution in [0.15, 0.2) is 53.3 Å². The molecule has 0 radical (unpaired) electrons. The first-order valence-corrected chi connectivity index (χ1v) is 9.51. The first-order valence-electron chi connectivity index (χ1n) is 8.69. The number of thiazole rings is 1. The molecule has 0 aliphatic rings. The number of nitrogens with zero attached hydrogens (tertiary/aromatic N) is 3. The number of aromatic nitrogens is 3. The largest absolute Gasteiger partial charge is 0.354 e. The zero-order valence-electron chi connectivity index (χ0n) is 14.8. The molecule has 0 bridgehead atoms. The van der Waals surface area contributed by atoms with Crippen molar-refractivity contribution < 1.29 is 4.79 Å². The maximum absolute atomic E-state index is 12.6. The highest BCUT2D eigenvalue weighted by Gasteiger charge is 2.11. The van der Waals surface area contributed by atoms with Gasteiger partial charge in [-0.15, -0.1) is 11.3 Å². The fourth-order valence-corrected chi connectivity index (χ4v) is 3.97. The predicted molar refractivity (Wildman–Crippen MR) is 107 cm³/mol. The van der Waals surface area contributed by atoms with Crippen molar-refractivity contribution in [2.75, 3.05) is 6.54 Å². The number of fused-ring (bicyclic) bond motifs is 2. The van der Waals surface area contributed by atoms with Crippen molar-refractivity contribution in [1.29, 1.82) is 0 Å². The first-order chi connectivity index (χ1) is 13.1. The number of hydrogen-bond acceptors (Lipinski definition) is 5. The van der Waals surface area contributed by atoms with Gasteiger partial charge in [0.1, 0.15) is 12.4 Å². The van der Waals surface area contributed by atoms with Crippen LogP contribution in [0, 0.1) is 6.92 Å². The Labute approximate surface area is 159 Å². The number of nitrogens with one attached hydrogen (secondary N) is 1. The number of aryl methyl sites for hydroxylation is 1. The third kappa shape index (κ3) is 3.59. The van der Waals surface area contributed by atoms with Gasteiger partial charge < -0.3 is 5.32 Å². The molecule has 27 heavy (non-hydrogen) atoms. The van der Waals surface area contributed by atoms with E-state index in [9.17, 15) is 9.59 Å². The van der Waals surface area contributed by atoms with Crippen molar-refractivity contribution in [3.63, 3.8) is 0 Å². The minimum Gasteiger partial charge on any atom is -0.354 e. The van der Waals surface area contributed by atoms with E-state index in [1.54, 1.807) is 36.5 Å². The molecule has 7 heteroatoms. The lowest BCUT2D eigenvalue weighted by atomic mass is 10.2. The van der Waals surface area contributed by atoms with Crippen LogP contribution in [0.1, 0.15) is 10.8 Å². The van der Waals surface area contributed by atoms with E-state index in [2.05, 4.69) is 15.3 Å². The summed E-state index contributed by atoms with van der Waals surface area (Å²) in [6.45, 7) is 2.18. The van der Waals surface area contributed by atoms with Gasteiger partial charge in [0.15, 0.2) is 0 Å². The van der Waals surface area contributed by atoms with E-state index in [1.165, 1.54) is 4.57 Å². The van der Waals surface area contributed by atoms with Crippen LogP contribution < -0.4 is 10.9 Å². The van der Waals surface area contributed by atoms with Crippen LogP contribution >= 0.6 is 11.3 Å². The Morgan fingerprint density at radius 2 is 1.81 bits per heavy atom. The fourth-order valence-electron chi connectivity index (χ4n) is 3.00. The Balaban J connectivity index is 1.42. The van der Waals surface area contributed by atoms with Gasteiger partial charge in [0.25, 0.3) is 5.56 Å². The van der Waals surface area contributed by atoms with Gasteiger partial charge in [-0.3, -0.25) is 14.2 Å². The maximum atomic E-state index is 12.6. The molecule has 1 N–H and O–H groups in total. The zero-order valence-corrected chi connectivity index (χ0v) is 15.6. The second-order valence-electron chi connectivity index (χ2n) is 6.24. The molecule has 0 fully saturated rings. The minimum atomic E-state index is -0.210. The van der Waals surface area contributed by atoms with Gasteiger partial charge in [-0.05, 0) is 31.2 Å². The van der Waals surface area contributed by atoms with E-state index in [-0.39, 0.29) is 18.0 Å². The number of hydrogen-bond donors (Lipinski definition) is 1. The average Bonchev–Trinajstić information content (AvgIpc) is 3.08. The molecule has 136 valence electrons. The Morgan fingerprint density at radius 1 is 1.07 bits per heavy atom. The van der Waals surface area contributed by atoms with Crippen LogP contribution in [0.3, 0.4) is 0 Å². The topological polar surface area (TPSA) is 76.9 Å². The lowest BCUT2D eigenvalue weighted by Gasteiger charge is -2.10. The van der Waals surface area contributed by atoms with E-state index < -0.39 is 0 Å². The van der Waals surface area contributed by atoms with Gasteiger partial charge in [0.05, 0.1) is 26.1 Å². The van der Waals surface area contributed by atoms with Crippen molar-refractivity contribution >= 4 is 38.4 Å². The molecular weight excluding hydrogens is 360 g/mol. The molecule has 2 aromatic heterocycles. The highest BCUT2D eigenvalue weighted by atomic mass is 32.1. The van der Waals surface area contributed by atoms with E-state index in [1.807, 2.05) is 30.3 Å². The standard InChI is InChI=1S/C20H18N4O2S/c1-13-22-15-7-3-2-6-14(15)20(26)24(13)12-18(25)21-11-10-19-23-16-8-4-5-9-17(16)27-19/h2-9H,10-12H2,1H3,(H,21,25). The van der Waals surface area contributed by atoms with Crippen LogP contribution in [-0.4, -0.2) is 27.0 Å². The monoisotopic (exact) mass is 378 g/mol. The summed E-state index contributed by atoms with van der Waals surface area (Å²) in [4.78, 5) is 33.9. The van der Waals surface area contributed by atoms with Gasteiger partial charge in [-0.25, -0.2) is 9.97 Å². The van der Waals surface area contributed by atoms with Crippen molar-refractivity contribution in [3.05, 3.63) is 69.7 Å². The Morgan fingerprint density at radius 3 is 2.63 bits per heavy atom. The molecule has 0 saturated heterocycles. The van der Waals surface area contributed by atoms with Crippen LogP contribution in [0.25, 0.3) is 21.1 Å². The van der Waals surface area contributed by atoms with Crippen molar-refractivity contribution in [2.45, 2.75) is 19.9 Å². The number of benzene rings is 2. The summed E-state index contributed by atoms with van der Waals surface area (Å²) in [7, 11) is 0. The molecule has 0 spiro atoms. The SMILES string of the molecule is Cc1nc2ccccc2c(=O)n1CC(=O)NCCc1nc2ccccc2s1. The number of rotatable bonds is 5. The van der Waals surface area contributed by atoms with E-state index in [0.717, 1.165) is 15.2 Å². The Kier molecular flexibility index (Phi) is 4.68. The second-order valence-corrected chi connectivity index (χ2v) is 7.36. The van der Waals surface area contributed by atoms with Crippen LogP contribution in [0.4, 0.5) is 0 Å². The van der Waals surface area contributed by atoms with Gasteiger partial charge in [-0.2, -0.15) is 0 Å². The third-order valence-electron chi connectivity index (χ3n) is 4.35. The van der Waals surface area contributed by atoms with E-state index >= 15 is 0 Å². The molecule has 4 aromatic rings. The number of carbonyl (C=O) groups is 1. The summed E-state index contributed by atoms with van der Waals surface area (Å²) in [5.74, 6) is 0.318. The molecule has 0 aliphatic carbocycles. The van der Waals surface area contributed by atoms with Crippen LogP contribution in [0.2, 0.25) is 0 Å². The molecule has 6 nitrogen and oxygen atoms in total. The molecule has 4 rings (SSSR count). The molecule has 0 unspecified atom stereocenters. The quantitative estimate of drug-likeness (QED) is 0.579. The van der Waals surface area contributed by atoms with E-state index in [4.69, 9.17) is 0 Å². The third-order valence-corrected chi connectivity index (χ3v) is 5.45. The lowest BCUT2D eigenvalue weighted by Crippen LogP contribution is -2.34. The highest BCUT2D eigenvalue weighted by Crippen LogP contribution is 2.21. The van der Waals surface area contributed by atoms with Crippen LogP contribution in [0.5, 0.6) is 0 Å². The summed E-state index contributed by atoms with van der Waals surface area (Å²) in [5.41, 5.74) is 1.43. The molecule has 0 aliphatic heterocycles. The van der Waals surface area contributed by atoms with Crippen molar-refractivity contribution in [3.8, 4) is 0 Å². The van der Waals surface area contributed by atoms with Gasteiger partial charge in [0, 0.05) is 13.0 Å². The highest BCUT2D eigenvalue weighted by molar-refractivity contribution is 7.18. The van der Waals surface area contributed by atoms with Gasteiger partial charge >= 0.3 is 0 Å². The van der Waals surface area contributed by atoms with Crippen molar-refractivity contribution in [2.24, 2.45) is 0 Å². The van der Waals surface area contributed by atoms with E-state index in [0.29, 0.717) is 29.7 Å². The molecule has 2 aromatic carbocycles. The van der Waals surface area contributed by atoms with Gasteiger partial charge in [-0.1, -0.05) is 24.3 Å². The summed E-state index contributed by atoms with van der Waals surface area (Å²) in [5, 5.41) is 4.37. The summed E-state index contributed by atoms with van der Waals surface area (Å²) < 4.78 is 2.55. The zero-order chi connectivity index (χ0) is 18.8. The lowest BCUT2D eigenvalue weighted by molar-refractivity contribution is -0.121. The second kappa shape index (κ2) is 7.28. The summed E-state index contributed by atoms with van der Waals surface area (Å²) >= 11 is 1.63. The number of para-hydroxylation sites is 2. The molecule has 0 saturated carbocycles. The molecule has 1 amide bonds. The molecule has 0 atom stereocenters. The smallest absolute Gasteiger partial charge is 0.261 e. The van der Waals surface area contributed by atoms with Gasteiger partial charge in [0.2, 0.25) is 5.91 Å². The fraction of sp³-hybridized carbons (Fsp3) is 0.200. The summed E-state index contributed by atoms with van der Waals surface area (Å²) in [6, 6.07) is 15.1. The molecule has 2 heterocycles. The minimum absolute atomic E-state index is 0.0393. The number of amides is 1. The first kappa shape index (κ1) is 17.4. The number of carbonyl (C=O) groups excluding carboxylic acids is 1. The predicted octanol–water partition coefficient (Wildman–Crippen LogP) is 2.67. The van der Waals surface area contributed by atoms with Crippen molar-refractivity contribution in [1.82, 2.24) is 19.9 Å². The Hall–Kier alpha value is -3.06. The maximum Gasteiger partial charge on any atom is 0.261 e. The summed E-state index contributed by atoms with van der Waals surface area (Å²) in [6.07, 6.45) is 0.662. The van der Waals surface area contributed by atoms with Crippen LogP contribution in [-0.2, 0) is 17.8 Å². The molecular formula is C20H18N4O2S. The average molecular weight is 378 g/mol. The normalized spacial score (nSPS) is 11.1. The Bertz CT molecular complexity index is 1160.